The lowest BCUT2D eigenvalue weighted by atomic mass is 9.98. The van der Waals surface area contributed by atoms with E-state index >= 15 is 0 Å². The van der Waals surface area contributed by atoms with E-state index in [2.05, 4.69) is 15.9 Å². The second-order valence-corrected chi connectivity index (χ2v) is 4.93. The lowest BCUT2D eigenvalue weighted by molar-refractivity contribution is 0.147. The van der Waals surface area contributed by atoms with E-state index in [0.29, 0.717) is 4.47 Å². The Labute approximate surface area is 102 Å². The van der Waals surface area contributed by atoms with Gasteiger partial charge in [0, 0.05) is 6.07 Å². The molecule has 1 fully saturated rings. The summed E-state index contributed by atoms with van der Waals surface area (Å²) < 4.78 is 32.3. The van der Waals surface area contributed by atoms with Gasteiger partial charge in [0.15, 0.2) is 11.6 Å². The Balaban J connectivity index is 2.14. The van der Waals surface area contributed by atoms with Gasteiger partial charge in [0.25, 0.3) is 0 Å². The van der Waals surface area contributed by atoms with E-state index in [4.69, 9.17) is 4.74 Å². The first-order chi connectivity index (χ1) is 7.66. The number of benzene rings is 1. The second-order valence-electron chi connectivity index (χ2n) is 4.08. The van der Waals surface area contributed by atoms with Crippen LogP contribution in [0.2, 0.25) is 0 Å². The molecule has 88 valence electrons. The summed E-state index contributed by atoms with van der Waals surface area (Å²) in [6.07, 6.45) is 5.40. The zero-order valence-corrected chi connectivity index (χ0v) is 10.4. The molecule has 1 saturated carbocycles. The van der Waals surface area contributed by atoms with Gasteiger partial charge in [0.2, 0.25) is 0 Å². The van der Waals surface area contributed by atoms with Gasteiger partial charge in [-0.1, -0.05) is 6.42 Å². The predicted octanol–water partition coefficient (Wildman–Crippen LogP) is 4.44. The molecule has 0 aliphatic heterocycles. The molecular formula is C12H13BrF2O. The molecule has 0 unspecified atom stereocenters. The highest BCUT2D eigenvalue weighted by Gasteiger charge is 2.19. The van der Waals surface area contributed by atoms with Crippen LogP contribution in [-0.4, -0.2) is 6.10 Å². The third kappa shape index (κ3) is 2.73. The zero-order chi connectivity index (χ0) is 11.5. The Morgan fingerprint density at radius 3 is 2.44 bits per heavy atom. The fraction of sp³-hybridized carbons (Fsp3) is 0.500. The highest BCUT2D eigenvalue weighted by Crippen LogP contribution is 2.32. The van der Waals surface area contributed by atoms with Crippen LogP contribution in [0.25, 0.3) is 0 Å². The van der Waals surface area contributed by atoms with Crippen LogP contribution < -0.4 is 4.74 Å². The predicted molar refractivity (Wildman–Crippen MR) is 61.6 cm³/mol. The molecule has 0 saturated heterocycles. The standard InChI is InChI=1S/C12H13BrF2O/c13-10-6-8(14)7-11(15)12(10)16-9-4-2-1-3-5-9/h6-7,9H,1-5H2. The maximum atomic E-state index is 13.5. The SMILES string of the molecule is Fc1cc(F)c(OC2CCCCC2)c(Br)c1. The van der Waals surface area contributed by atoms with Gasteiger partial charge in [-0.05, 0) is 47.7 Å². The van der Waals surface area contributed by atoms with Crippen molar-refractivity contribution in [1.29, 1.82) is 0 Å². The molecular weight excluding hydrogens is 278 g/mol. The number of halogens is 3. The summed E-state index contributed by atoms with van der Waals surface area (Å²) in [5.74, 6) is -1.11. The van der Waals surface area contributed by atoms with Crippen molar-refractivity contribution in [3.63, 3.8) is 0 Å². The number of hydrogen-bond donors (Lipinski definition) is 0. The molecule has 4 heteroatoms. The molecule has 0 atom stereocenters. The highest BCUT2D eigenvalue weighted by molar-refractivity contribution is 9.10. The van der Waals surface area contributed by atoms with Crippen molar-refractivity contribution in [2.75, 3.05) is 0 Å². The molecule has 2 rings (SSSR count). The first kappa shape index (κ1) is 11.8. The molecule has 0 bridgehead atoms. The average molecular weight is 291 g/mol. The molecule has 0 amide bonds. The molecule has 0 N–H and O–H groups in total. The second kappa shape index (κ2) is 5.13. The topological polar surface area (TPSA) is 9.23 Å². The lowest BCUT2D eigenvalue weighted by Gasteiger charge is -2.23. The van der Waals surface area contributed by atoms with Gasteiger partial charge in [-0.15, -0.1) is 0 Å². The van der Waals surface area contributed by atoms with Crippen LogP contribution in [0.4, 0.5) is 8.78 Å². The van der Waals surface area contributed by atoms with Gasteiger partial charge in [-0.25, -0.2) is 8.78 Å². The van der Waals surface area contributed by atoms with Crippen LogP contribution in [-0.2, 0) is 0 Å². The van der Waals surface area contributed by atoms with Crippen LogP contribution in [0.15, 0.2) is 16.6 Å². The molecule has 1 aromatic rings. The molecule has 0 aromatic heterocycles. The first-order valence-electron chi connectivity index (χ1n) is 5.48. The van der Waals surface area contributed by atoms with Crippen molar-refractivity contribution >= 4 is 15.9 Å². The lowest BCUT2D eigenvalue weighted by Crippen LogP contribution is -2.20. The van der Waals surface area contributed by atoms with Crippen molar-refractivity contribution in [3.8, 4) is 5.75 Å². The van der Waals surface area contributed by atoms with Crippen LogP contribution in [0, 0.1) is 11.6 Å². The summed E-state index contributed by atoms with van der Waals surface area (Å²) >= 11 is 3.12. The van der Waals surface area contributed by atoms with Gasteiger partial charge in [-0.2, -0.15) is 0 Å². The molecule has 1 aromatic carbocycles. The summed E-state index contributed by atoms with van der Waals surface area (Å²) in [5, 5.41) is 0. The molecule has 16 heavy (non-hydrogen) atoms. The minimum Gasteiger partial charge on any atom is -0.486 e. The maximum Gasteiger partial charge on any atom is 0.169 e. The summed E-state index contributed by atoms with van der Waals surface area (Å²) in [4.78, 5) is 0. The molecule has 1 nitrogen and oxygen atoms in total. The summed E-state index contributed by atoms with van der Waals surface area (Å²) in [5.41, 5.74) is 0. The maximum absolute atomic E-state index is 13.5. The largest absolute Gasteiger partial charge is 0.486 e. The van der Waals surface area contributed by atoms with Crippen molar-refractivity contribution in [2.45, 2.75) is 38.2 Å². The minimum absolute atomic E-state index is 0.0602. The average Bonchev–Trinajstić information content (AvgIpc) is 2.25. The van der Waals surface area contributed by atoms with E-state index in [9.17, 15) is 8.78 Å². The third-order valence-corrected chi connectivity index (χ3v) is 3.39. The van der Waals surface area contributed by atoms with Crippen molar-refractivity contribution in [3.05, 3.63) is 28.2 Å². The normalized spacial score (nSPS) is 17.4. The fourth-order valence-electron chi connectivity index (χ4n) is 1.99. The van der Waals surface area contributed by atoms with Crippen LogP contribution >= 0.6 is 15.9 Å². The number of hydrogen-bond acceptors (Lipinski definition) is 1. The van der Waals surface area contributed by atoms with Gasteiger partial charge in [0.05, 0.1) is 10.6 Å². The van der Waals surface area contributed by atoms with E-state index in [1.165, 1.54) is 12.5 Å². The Kier molecular flexibility index (Phi) is 3.79. The highest BCUT2D eigenvalue weighted by atomic mass is 79.9. The Hall–Kier alpha value is -0.640. The molecule has 0 radical (unpaired) electrons. The Morgan fingerprint density at radius 2 is 1.81 bits per heavy atom. The van der Waals surface area contributed by atoms with Crippen LogP contribution in [0.3, 0.4) is 0 Å². The quantitative estimate of drug-likeness (QED) is 0.782. The van der Waals surface area contributed by atoms with Gasteiger partial charge in [-0.3, -0.25) is 0 Å². The van der Waals surface area contributed by atoms with E-state index < -0.39 is 11.6 Å². The van der Waals surface area contributed by atoms with Gasteiger partial charge < -0.3 is 4.74 Å². The molecule has 0 spiro atoms. The Morgan fingerprint density at radius 1 is 1.12 bits per heavy atom. The van der Waals surface area contributed by atoms with Gasteiger partial charge in [0.1, 0.15) is 5.82 Å². The van der Waals surface area contributed by atoms with E-state index in [0.717, 1.165) is 31.7 Å². The van der Waals surface area contributed by atoms with Crippen molar-refractivity contribution < 1.29 is 13.5 Å². The molecule has 0 heterocycles. The van der Waals surface area contributed by atoms with Gasteiger partial charge >= 0.3 is 0 Å². The summed E-state index contributed by atoms with van der Waals surface area (Å²) in [7, 11) is 0. The van der Waals surface area contributed by atoms with Crippen LogP contribution in [0.5, 0.6) is 5.75 Å². The molecule has 1 aliphatic rings. The zero-order valence-electron chi connectivity index (χ0n) is 8.81. The summed E-state index contributed by atoms with van der Waals surface area (Å²) in [6, 6.07) is 2.07. The number of ether oxygens (including phenoxy) is 1. The van der Waals surface area contributed by atoms with Crippen molar-refractivity contribution in [1.82, 2.24) is 0 Å². The van der Waals surface area contributed by atoms with E-state index in [1.807, 2.05) is 0 Å². The molecule has 1 aliphatic carbocycles. The Bertz CT molecular complexity index is 352. The first-order valence-corrected chi connectivity index (χ1v) is 6.27. The smallest absolute Gasteiger partial charge is 0.169 e. The fourth-order valence-corrected chi connectivity index (χ4v) is 2.49. The van der Waals surface area contributed by atoms with E-state index in [1.54, 1.807) is 0 Å². The van der Waals surface area contributed by atoms with Crippen LogP contribution in [0.1, 0.15) is 32.1 Å². The van der Waals surface area contributed by atoms with Crippen molar-refractivity contribution in [2.24, 2.45) is 0 Å². The monoisotopic (exact) mass is 290 g/mol. The summed E-state index contributed by atoms with van der Waals surface area (Å²) in [6.45, 7) is 0. The minimum atomic E-state index is -0.641. The van der Waals surface area contributed by atoms with E-state index in [-0.39, 0.29) is 11.9 Å². The third-order valence-electron chi connectivity index (χ3n) is 2.80. The number of rotatable bonds is 2.